The molecule has 1 amide bonds. The number of rotatable bonds is 5. The lowest BCUT2D eigenvalue weighted by molar-refractivity contribution is -0.122. The first-order chi connectivity index (χ1) is 7.68. The van der Waals surface area contributed by atoms with E-state index >= 15 is 0 Å². The van der Waals surface area contributed by atoms with Gasteiger partial charge in [-0.3, -0.25) is 4.79 Å². The molecule has 1 saturated carbocycles. The lowest BCUT2D eigenvalue weighted by Gasteiger charge is -2.11. The van der Waals surface area contributed by atoms with Crippen molar-refractivity contribution in [3.8, 4) is 0 Å². The summed E-state index contributed by atoms with van der Waals surface area (Å²) in [6.45, 7) is 3.30. The Morgan fingerprint density at radius 3 is 3.12 bits per heavy atom. The molecule has 88 valence electrons. The van der Waals surface area contributed by atoms with Crippen LogP contribution >= 0.6 is 0 Å². The molecule has 2 rings (SSSR count). The van der Waals surface area contributed by atoms with E-state index < -0.39 is 0 Å². The molecule has 1 heterocycles. The topological polar surface area (TPSA) is 72.9 Å². The van der Waals surface area contributed by atoms with Gasteiger partial charge >= 0.3 is 0 Å². The zero-order chi connectivity index (χ0) is 11.5. The molecule has 1 aliphatic carbocycles. The van der Waals surface area contributed by atoms with E-state index in [2.05, 4.69) is 10.3 Å². The fourth-order valence-electron chi connectivity index (χ4n) is 1.69. The largest absolute Gasteiger partial charge is 0.354 e. The molecule has 16 heavy (non-hydrogen) atoms. The van der Waals surface area contributed by atoms with Crippen molar-refractivity contribution in [3.05, 3.63) is 18.2 Å². The molecule has 1 fully saturated rings. The van der Waals surface area contributed by atoms with Gasteiger partial charge in [-0.2, -0.15) is 0 Å². The maximum atomic E-state index is 11.4. The lowest BCUT2D eigenvalue weighted by atomic mass is 10.3. The number of nitrogens with zero attached hydrogens (tertiary/aromatic N) is 2. The van der Waals surface area contributed by atoms with E-state index in [1.807, 2.05) is 11.5 Å². The summed E-state index contributed by atoms with van der Waals surface area (Å²) in [5, 5.41) is 2.92. The minimum Gasteiger partial charge on any atom is -0.354 e. The molecule has 1 atom stereocenters. The van der Waals surface area contributed by atoms with Crippen LogP contribution in [0, 0.1) is 5.92 Å². The van der Waals surface area contributed by atoms with Crippen molar-refractivity contribution in [1.82, 2.24) is 14.9 Å². The summed E-state index contributed by atoms with van der Waals surface area (Å²) in [5.74, 6) is 0.457. The van der Waals surface area contributed by atoms with Crippen molar-refractivity contribution in [2.75, 3.05) is 6.54 Å². The summed E-state index contributed by atoms with van der Waals surface area (Å²) in [5.41, 5.74) is 6.80. The van der Waals surface area contributed by atoms with Crippen molar-refractivity contribution in [3.63, 3.8) is 0 Å². The molecule has 0 aromatic carbocycles. The number of nitrogens with one attached hydrogen (secondary N) is 1. The van der Waals surface area contributed by atoms with Crippen molar-refractivity contribution >= 4 is 5.91 Å². The molecule has 1 aromatic rings. The van der Waals surface area contributed by atoms with Crippen LogP contribution in [0.4, 0.5) is 0 Å². The maximum Gasteiger partial charge on any atom is 0.223 e. The van der Waals surface area contributed by atoms with Gasteiger partial charge in [-0.1, -0.05) is 0 Å². The highest BCUT2D eigenvalue weighted by molar-refractivity contribution is 5.80. The third-order valence-electron chi connectivity index (χ3n) is 2.81. The Balaban J connectivity index is 1.80. The van der Waals surface area contributed by atoms with Gasteiger partial charge < -0.3 is 15.6 Å². The average Bonchev–Trinajstić information content (AvgIpc) is 2.98. The summed E-state index contributed by atoms with van der Waals surface area (Å²) >= 11 is 0. The number of hydrogen-bond acceptors (Lipinski definition) is 3. The Labute approximate surface area is 95.0 Å². The molecule has 0 saturated heterocycles. The van der Waals surface area contributed by atoms with Crippen LogP contribution in [0.25, 0.3) is 0 Å². The van der Waals surface area contributed by atoms with Gasteiger partial charge in [-0.25, -0.2) is 4.98 Å². The zero-order valence-corrected chi connectivity index (χ0v) is 9.52. The predicted octanol–water partition coefficient (Wildman–Crippen LogP) is 0.429. The molecule has 0 aliphatic heterocycles. The molecule has 0 radical (unpaired) electrons. The number of amides is 1. The van der Waals surface area contributed by atoms with Gasteiger partial charge in [0, 0.05) is 31.2 Å². The molecule has 3 N–H and O–H groups in total. The highest BCUT2D eigenvalue weighted by atomic mass is 16.2. The first kappa shape index (κ1) is 11.1. The summed E-state index contributed by atoms with van der Waals surface area (Å²) in [6.07, 6.45) is 5.61. The fourth-order valence-corrected chi connectivity index (χ4v) is 1.69. The van der Waals surface area contributed by atoms with E-state index in [0.717, 1.165) is 25.1 Å². The molecule has 1 aliphatic rings. The van der Waals surface area contributed by atoms with E-state index in [1.165, 1.54) is 0 Å². The van der Waals surface area contributed by atoms with E-state index in [0.29, 0.717) is 6.54 Å². The Bertz CT molecular complexity index is 368. The van der Waals surface area contributed by atoms with Crippen LogP contribution in [-0.4, -0.2) is 22.0 Å². The lowest BCUT2D eigenvalue weighted by Crippen LogP contribution is -2.29. The van der Waals surface area contributed by atoms with Crippen LogP contribution in [0.3, 0.4) is 0 Å². The molecule has 0 bridgehead atoms. The Hall–Kier alpha value is -1.36. The first-order valence-corrected chi connectivity index (χ1v) is 5.72. The van der Waals surface area contributed by atoms with Gasteiger partial charge in [-0.15, -0.1) is 0 Å². The van der Waals surface area contributed by atoms with E-state index in [4.69, 9.17) is 5.73 Å². The monoisotopic (exact) mass is 222 g/mol. The normalized spacial score (nSPS) is 17.1. The van der Waals surface area contributed by atoms with Crippen LogP contribution < -0.4 is 11.1 Å². The van der Waals surface area contributed by atoms with Crippen LogP contribution in [-0.2, 0) is 11.3 Å². The summed E-state index contributed by atoms with van der Waals surface area (Å²) in [7, 11) is 0. The molecule has 5 heteroatoms. The van der Waals surface area contributed by atoms with Crippen LogP contribution in [0.15, 0.2) is 12.5 Å². The van der Waals surface area contributed by atoms with Gasteiger partial charge in [0.25, 0.3) is 0 Å². The van der Waals surface area contributed by atoms with Gasteiger partial charge in [0.05, 0.1) is 12.0 Å². The van der Waals surface area contributed by atoms with Crippen molar-refractivity contribution in [2.24, 2.45) is 11.7 Å². The highest BCUT2D eigenvalue weighted by Gasteiger charge is 2.29. The first-order valence-electron chi connectivity index (χ1n) is 5.72. The minimum atomic E-state index is -0.0263. The molecule has 5 nitrogen and oxygen atoms in total. The van der Waals surface area contributed by atoms with Gasteiger partial charge in [0.2, 0.25) is 5.91 Å². The van der Waals surface area contributed by atoms with E-state index in [-0.39, 0.29) is 17.9 Å². The summed E-state index contributed by atoms with van der Waals surface area (Å²) in [6, 6.07) is -0.0263. The number of imidazole rings is 1. The quantitative estimate of drug-likeness (QED) is 0.758. The van der Waals surface area contributed by atoms with Gasteiger partial charge in [0.1, 0.15) is 0 Å². The Morgan fingerprint density at radius 2 is 2.50 bits per heavy atom. The Kier molecular flexibility index (Phi) is 3.24. The minimum absolute atomic E-state index is 0.0263. The van der Waals surface area contributed by atoms with E-state index in [1.54, 1.807) is 12.5 Å². The molecular weight excluding hydrogens is 204 g/mol. The van der Waals surface area contributed by atoms with Crippen molar-refractivity contribution < 1.29 is 4.79 Å². The number of aromatic nitrogens is 2. The second-order valence-electron chi connectivity index (χ2n) is 4.37. The maximum absolute atomic E-state index is 11.4. The smallest absolute Gasteiger partial charge is 0.223 e. The van der Waals surface area contributed by atoms with Crippen molar-refractivity contribution in [1.29, 1.82) is 0 Å². The van der Waals surface area contributed by atoms with Crippen LogP contribution in [0.2, 0.25) is 0 Å². The molecule has 1 aromatic heterocycles. The second-order valence-corrected chi connectivity index (χ2v) is 4.37. The second kappa shape index (κ2) is 4.65. The summed E-state index contributed by atoms with van der Waals surface area (Å²) < 4.78 is 1.98. The van der Waals surface area contributed by atoms with Gasteiger partial charge in [-0.05, 0) is 19.8 Å². The van der Waals surface area contributed by atoms with Gasteiger partial charge in [0.15, 0.2) is 0 Å². The molecular formula is C11H18N4O. The van der Waals surface area contributed by atoms with E-state index in [9.17, 15) is 4.79 Å². The summed E-state index contributed by atoms with van der Waals surface area (Å²) in [4.78, 5) is 15.5. The fraction of sp³-hybridized carbons (Fsp3) is 0.636. The number of carbonyl (C=O) groups excluding carboxylic acids is 1. The third-order valence-corrected chi connectivity index (χ3v) is 2.81. The SMILES string of the molecule is CC(N)c1cncn1CCNC(=O)C1CC1. The zero-order valence-electron chi connectivity index (χ0n) is 9.52. The predicted molar refractivity (Wildman–Crippen MR) is 60.6 cm³/mol. The molecule has 0 spiro atoms. The third kappa shape index (κ3) is 2.61. The Morgan fingerprint density at radius 1 is 1.75 bits per heavy atom. The van der Waals surface area contributed by atoms with Crippen LogP contribution in [0.1, 0.15) is 31.5 Å². The number of nitrogens with two attached hydrogens (primary N) is 1. The molecule has 1 unspecified atom stereocenters. The van der Waals surface area contributed by atoms with Crippen molar-refractivity contribution in [2.45, 2.75) is 32.4 Å². The van der Waals surface area contributed by atoms with Crippen LogP contribution in [0.5, 0.6) is 0 Å². The number of carbonyl (C=O) groups is 1. The standard InChI is InChI=1S/C11H18N4O/c1-8(12)10-6-13-7-15(10)5-4-14-11(16)9-2-3-9/h6-9H,2-5,12H2,1H3,(H,14,16). The average molecular weight is 222 g/mol. The highest BCUT2D eigenvalue weighted by Crippen LogP contribution is 2.28. The number of hydrogen-bond donors (Lipinski definition) is 2.